The smallest absolute Gasteiger partial charge is 0.255 e. The number of hydrogen-bond donors (Lipinski definition) is 2. The average Bonchev–Trinajstić information content (AvgIpc) is 2.43. The first-order chi connectivity index (χ1) is 9.47. The largest absolute Gasteiger partial charge is 0.378 e. The first kappa shape index (κ1) is 13.9. The van der Waals surface area contributed by atoms with Crippen LogP contribution in [-0.2, 0) is 0 Å². The van der Waals surface area contributed by atoms with Gasteiger partial charge in [-0.2, -0.15) is 0 Å². The van der Waals surface area contributed by atoms with Crippen LogP contribution in [0.15, 0.2) is 41.3 Å². The van der Waals surface area contributed by atoms with Crippen molar-refractivity contribution in [3.8, 4) is 0 Å². The van der Waals surface area contributed by atoms with Crippen LogP contribution in [0.2, 0.25) is 0 Å². The molecule has 0 aliphatic carbocycles. The molecule has 2 rings (SSSR count). The second-order valence-corrected chi connectivity index (χ2v) is 4.80. The van der Waals surface area contributed by atoms with Crippen LogP contribution < -0.4 is 15.8 Å². The van der Waals surface area contributed by atoms with E-state index in [1.54, 1.807) is 19.1 Å². The second kappa shape index (κ2) is 5.61. The number of aromatic nitrogens is 1. The van der Waals surface area contributed by atoms with E-state index in [0.29, 0.717) is 16.8 Å². The van der Waals surface area contributed by atoms with Gasteiger partial charge in [-0.1, -0.05) is 6.07 Å². The van der Waals surface area contributed by atoms with Crippen molar-refractivity contribution in [3.63, 3.8) is 0 Å². The molecular weight excluding hydrogens is 254 g/mol. The topological polar surface area (TPSA) is 65.2 Å². The number of anilines is 2. The molecule has 1 aromatic heterocycles. The Hall–Kier alpha value is -2.56. The van der Waals surface area contributed by atoms with Gasteiger partial charge >= 0.3 is 0 Å². The van der Waals surface area contributed by atoms with E-state index in [1.165, 1.54) is 6.20 Å². The Bertz CT molecular complexity index is 690. The fourth-order valence-corrected chi connectivity index (χ4v) is 1.80. The molecule has 0 bridgehead atoms. The average molecular weight is 271 g/mol. The maximum Gasteiger partial charge on any atom is 0.255 e. The Kier molecular flexibility index (Phi) is 3.89. The van der Waals surface area contributed by atoms with Crippen molar-refractivity contribution in [3.05, 3.63) is 58.0 Å². The maximum absolute atomic E-state index is 12.2. The van der Waals surface area contributed by atoms with Crippen LogP contribution in [0.5, 0.6) is 0 Å². The standard InChI is InChI=1S/C15H17N3O2/c1-10-7-12(9-16-14(10)19)17-15(20)11-5-4-6-13(8-11)18(2)3/h4-9H,1-3H3,(H,16,19)(H,17,20). The van der Waals surface area contributed by atoms with Gasteiger partial charge in [-0.05, 0) is 31.2 Å². The number of rotatable bonds is 3. The molecule has 0 saturated carbocycles. The molecule has 2 aromatic rings. The number of pyridine rings is 1. The third-order valence-corrected chi connectivity index (χ3v) is 2.97. The summed E-state index contributed by atoms with van der Waals surface area (Å²) in [6.07, 6.45) is 1.49. The van der Waals surface area contributed by atoms with Crippen LogP contribution in [-0.4, -0.2) is 25.0 Å². The van der Waals surface area contributed by atoms with E-state index in [-0.39, 0.29) is 11.5 Å². The van der Waals surface area contributed by atoms with Gasteiger partial charge in [0.2, 0.25) is 0 Å². The molecule has 20 heavy (non-hydrogen) atoms. The Morgan fingerprint density at radius 2 is 2.00 bits per heavy atom. The highest BCUT2D eigenvalue weighted by Gasteiger charge is 2.08. The van der Waals surface area contributed by atoms with Crippen molar-refractivity contribution in [2.75, 3.05) is 24.3 Å². The van der Waals surface area contributed by atoms with E-state index < -0.39 is 0 Å². The van der Waals surface area contributed by atoms with E-state index >= 15 is 0 Å². The maximum atomic E-state index is 12.2. The van der Waals surface area contributed by atoms with Crippen LogP contribution in [0.3, 0.4) is 0 Å². The molecule has 5 nitrogen and oxygen atoms in total. The van der Waals surface area contributed by atoms with Crippen LogP contribution in [0.25, 0.3) is 0 Å². The Morgan fingerprint density at radius 1 is 1.25 bits per heavy atom. The summed E-state index contributed by atoms with van der Waals surface area (Å²) in [6, 6.07) is 8.98. The lowest BCUT2D eigenvalue weighted by Gasteiger charge is -2.13. The monoisotopic (exact) mass is 271 g/mol. The molecule has 1 heterocycles. The molecule has 0 unspecified atom stereocenters. The fraction of sp³-hybridized carbons (Fsp3) is 0.200. The molecule has 0 saturated heterocycles. The summed E-state index contributed by atoms with van der Waals surface area (Å²) in [5, 5.41) is 2.76. The fourth-order valence-electron chi connectivity index (χ4n) is 1.80. The van der Waals surface area contributed by atoms with Crippen molar-refractivity contribution in [2.45, 2.75) is 6.92 Å². The summed E-state index contributed by atoms with van der Waals surface area (Å²) in [5.41, 5.74) is 2.50. The summed E-state index contributed by atoms with van der Waals surface area (Å²) in [5.74, 6) is -0.208. The third kappa shape index (κ3) is 3.06. The number of nitrogens with one attached hydrogen (secondary N) is 2. The van der Waals surface area contributed by atoms with Gasteiger partial charge in [0, 0.05) is 37.1 Å². The lowest BCUT2D eigenvalue weighted by Crippen LogP contribution is -2.16. The van der Waals surface area contributed by atoms with Gasteiger partial charge in [0.15, 0.2) is 0 Å². The number of carbonyl (C=O) groups excluding carboxylic acids is 1. The minimum atomic E-state index is -0.208. The van der Waals surface area contributed by atoms with E-state index in [0.717, 1.165) is 5.69 Å². The number of carbonyl (C=O) groups is 1. The highest BCUT2D eigenvalue weighted by Crippen LogP contribution is 2.15. The van der Waals surface area contributed by atoms with Gasteiger partial charge in [-0.25, -0.2) is 0 Å². The van der Waals surface area contributed by atoms with Crippen molar-refractivity contribution in [1.29, 1.82) is 0 Å². The Morgan fingerprint density at radius 3 is 2.65 bits per heavy atom. The van der Waals surface area contributed by atoms with E-state index in [1.807, 2.05) is 37.2 Å². The first-order valence-corrected chi connectivity index (χ1v) is 6.25. The highest BCUT2D eigenvalue weighted by molar-refractivity contribution is 6.04. The highest BCUT2D eigenvalue weighted by atomic mass is 16.1. The van der Waals surface area contributed by atoms with E-state index in [2.05, 4.69) is 10.3 Å². The van der Waals surface area contributed by atoms with Gasteiger partial charge in [-0.3, -0.25) is 9.59 Å². The summed E-state index contributed by atoms with van der Waals surface area (Å²) < 4.78 is 0. The number of H-pyrrole nitrogens is 1. The molecule has 0 spiro atoms. The summed E-state index contributed by atoms with van der Waals surface area (Å²) in [4.78, 5) is 27.9. The minimum absolute atomic E-state index is 0.155. The molecule has 0 fully saturated rings. The van der Waals surface area contributed by atoms with Gasteiger partial charge in [0.25, 0.3) is 11.5 Å². The lowest BCUT2D eigenvalue weighted by atomic mass is 10.1. The second-order valence-electron chi connectivity index (χ2n) is 4.80. The van der Waals surface area contributed by atoms with Crippen molar-refractivity contribution in [2.24, 2.45) is 0 Å². The van der Waals surface area contributed by atoms with Crippen LogP contribution in [0.4, 0.5) is 11.4 Å². The number of nitrogens with zero attached hydrogens (tertiary/aromatic N) is 1. The van der Waals surface area contributed by atoms with Crippen LogP contribution in [0.1, 0.15) is 15.9 Å². The Balaban J connectivity index is 2.21. The zero-order chi connectivity index (χ0) is 14.7. The quantitative estimate of drug-likeness (QED) is 0.897. The Labute approximate surface area is 117 Å². The molecule has 1 aromatic carbocycles. The normalized spacial score (nSPS) is 10.2. The molecular formula is C15H17N3O2. The van der Waals surface area contributed by atoms with E-state index in [4.69, 9.17) is 0 Å². The van der Waals surface area contributed by atoms with Crippen molar-refractivity contribution in [1.82, 2.24) is 4.98 Å². The lowest BCUT2D eigenvalue weighted by molar-refractivity contribution is 0.102. The predicted molar refractivity (Wildman–Crippen MR) is 80.5 cm³/mol. The number of amides is 1. The van der Waals surface area contributed by atoms with Gasteiger partial charge in [0.1, 0.15) is 0 Å². The third-order valence-electron chi connectivity index (χ3n) is 2.97. The number of aryl methyl sites for hydroxylation is 1. The summed E-state index contributed by atoms with van der Waals surface area (Å²) in [6.45, 7) is 1.70. The number of hydrogen-bond acceptors (Lipinski definition) is 3. The predicted octanol–water partition coefficient (Wildman–Crippen LogP) is 2.00. The first-order valence-electron chi connectivity index (χ1n) is 6.25. The number of aromatic amines is 1. The molecule has 0 aliphatic heterocycles. The summed E-state index contributed by atoms with van der Waals surface area (Å²) in [7, 11) is 3.84. The van der Waals surface area contributed by atoms with E-state index in [9.17, 15) is 9.59 Å². The molecule has 1 amide bonds. The number of benzene rings is 1. The summed E-state index contributed by atoms with van der Waals surface area (Å²) >= 11 is 0. The van der Waals surface area contributed by atoms with Crippen molar-refractivity contribution < 1.29 is 4.79 Å². The molecule has 5 heteroatoms. The molecule has 2 N–H and O–H groups in total. The van der Waals surface area contributed by atoms with Gasteiger partial charge in [-0.15, -0.1) is 0 Å². The van der Waals surface area contributed by atoms with Gasteiger partial charge < -0.3 is 15.2 Å². The van der Waals surface area contributed by atoms with Crippen LogP contribution >= 0.6 is 0 Å². The van der Waals surface area contributed by atoms with Crippen molar-refractivity contribution >= 4 is 17.3 Å². The molecule has 0 radical (unpaired) electrons. The van der Waals surface area contributed by atoms with Gasteiger partial charge in [0.05, 0.1) is 5.69 Å². The zero-order valence-corrected chi connectivity index (χ0v) is 11.7. The molecule has 0 aliphatic rings. The zero-order valence-electron chi connectivity index (χ0n) is 11.7. The minimum Gasteiger partial charge on any atom is -0.378 e. The SMILES string of the molecule is Cc1cc(NC(=O)c2cccc(N(C)C)c2)c[nH]c1=O. The molecule has 0 atom stereocenters. The molecule has 104 valence electrons. The van der Waals surface area contributed by atoms with Crippen LogP contribution in [0, 0.1) is 6.92 Å².